The van der Waals surface area contributed by atoms with Crippen LogP contribution in [0.25, 0.3) is 0 Å². The van der Waals surface area contributed by atoms with Gasteiger partial charge in [-0.05, 0) is 68.7 Å². The Labute approximate surface area is 314 Å². The van der Waals surface area contributed by atoms with Gasteiger partial charge in [0, 0.05) is 37.5 Å². The number of thioether (sulfide) groups is 1. The summed E-state index contributed by atoms with van der Waals surface area (Å²) >= 11 is 1.40. The van der Waals surface area contributed by atoms with Crippen molar-refractivity contribution in [2.45, 2.75) is 63.2 Å². The summed E-state index contributed by atoms with van der Waals surface area (Å²) in [5, 5.41) is 2.11. The van der Waals surface area contributed by atoms with Crippen LogP contribution in [-0.2, 0) is 28.6 Å². The summed E-state index contributed by atoms with van der Waals surface area (Å²) in [6, 6.07) is 17.8. The van der Waals surface area contributed by atoms with Crippen LogP contribution in [0.5, 0.6) is 0 Å². The van der Waals surface area contributed by atoms with Crippen LogP contribution in [0.1, 0.15) is 57.3 Å². The van der Waals surface area contributed by atoms with Crippen LogP contribution in [0.15, 0.2) is 96.2 Å². The number of piperidine rings is 1. The third kappa shape index (κ3) is 8.78. The number of hydrogen-bond acceptors (Lipinski definition) is 9. The fraction of sp³-hybridized carbons (Fsp3) is 0.425. The first-order valence-corrected chi connectivity index (χ1v) is 19.0. The van der Waals surface area contributed by atoms with Gasteiger partial charge in [-0.15, -0.1) is 11.8 Å². The molecule has 3 saturated heterocycles. The van der Waals surface area contributed by atoms with Gasteiger partial charge < -0.3 is 29.3 Å². The molecule has 2 aromatic carbocycles. The lowest BCUT2D eigenvalue weighted by molar-refractivity contribution is -0.153. The number of amides is 4. The molecule has 0 bridgehead atoms. The Balaban J connectivity index is 1.23. The molecule has 13 heteroatoms. The van der Waals surface area contributed by atoms with Crippen molar-refractivity contribution in [1.82, 2.24) is 20.0 Å². The highest BCUT2D eigenvalue weighted by Gasteiger charge is 2.55. The number of rotatable bonds is 10. The summed E-state index contributed by atoms with van der Waals surface area (Å²) in [4.78, 5) is 71.7. The van der Waals surface area contributed by atoms with Crippen molar-refractivity contribution in [1.29, 1.82) is 0 Å². The SMILES string of the molecule is C=CCOC(=O)N1CCC(CN2CC/C(=C\C3=C(C(=O)OC(c4ccccc4)c4ccccc4)N4C(=O)[C@@H](NC(=O)OC(C)(C)C)[C@H]4SC3)C2=O)CC1. The van der Waals surface area contributed by atoms with Gasteiger partial charge in [-0.3, -0.25) is 14.5 Å². The number of nitrogens with one attached hydrogen (secondary N) is 1. The van der Waals surface area contributed by atoms with Crippen molar-refractivity contribution in [3.63, 3.8) is 0 Å². The molecule has 12 nitrogen and oxygen atoms in total. The van der Waals surface area contributed by atoms with Gasteiger partial charge >= 0.3 is 18.2 Å². The highest BCUT2D eigenvalue weighted by Crippen LogP contribution is 2.43. The Morgan fingerprint density at radius 1 is 0.981 bits per heavy atom. The Morgan fingerprint density at radius 2 is 1.62 bits per heavy atom. The van der Waals surface area contributed by atoms with Crippen LogP contribution >= 0.6 is 11.8 Å². The number of alkyl carbamates (subject to hydrolysis) is 1. The minimum Gasteiger partial charge on any atom is -0.448 e. The highest BCUT2D eigenvalue weighted by molar-refractivity contribution is 8.00. The molecule has 0 spiro atoms. The third-order valence-electron chi connectivity index (χ3n) is 9.53. The number of allylic oxidation sites excluding steroid dienone is 1. The summed E-state index contributed by atoms with van der Waals surface area (Å²) in [5.41, 5.74) is 1.88. The Bertz CT molecular complexity index is 1740. The number of ether oxygens (including phenoxy) is 3. The normalized spacial score (nSPS) is 21.4. The summed E-state index contributed by atoms with van der Waals surface area (Å²) in [6.45, 7) is 11.2. The van der Waals surface area contributed by atoms with Crippen molar-refractivity contribution in [2.75, 3.05) is 38.5 Å². The zero-order chi connectivity index (χ0) is 37.7. The van der Waals surface area contributed by atoms with E-state index < -0.39 is 41.1 Å². The van der Waals surface area contributed by atoms with E-state index in [-0.39, 0.29) is 30.2 Å². The van der Waals surface area contributed by atoms with Crippen molar-refractivity contribution in [3.05, 3.63) is 107 Å². The number of fused-ring (bicyclic) bond motifs is 1. The number of nitrogens with zero attached hydrogens (tertiary/aromatic N) is 3. The van der Waals surface area contributed by atoms with Gasteiger partial charge in [-0.2, -0.15) is 0 Å². The second kappa shape index (κ2) is 16.3. The third-order valence-corrected chi connectivity index (χ3v) is 10.8. The molecule has 4 aliphatic rings. The lowest BCUT2D eigenvalue weighted by Crippen LogP contribution is -2.70. The topological polar surface area (TPSA) is 135 Å². The zero-order valence-electron chi connectivity index (χ0n) is 30.3. The molecular formula is C40H46N4O8S. The second-order valence-corrected chi connectivity index (χ2v) is 15.6. The average molecular weight is 743 g/mol. The van der Waals surface area contributed by atoms with Crippen LogP contribution in [0.3, 0.4) is 0 Å². The van der Waals surface area contributed by atoms with E-state index in [1.807, 2.05) is 65.6 Å². The van der Waals surface area contributed by atoms with Crippen LogP contribution < -0.4 is 5.32 Å². The molecule has 2 aromatic rings. The van der Waals surface area contributed by atoms with Gasteiger partial charge in [0.25, 0.3) is 5.91 Å². The van der Waals surface area contributed by atoms with Crippen molar-refractivity contribution in [3.8, 4) is 0 Å². The molecular weight excluding hydrogens is 697 g/mol. The first-order chi connectivity index (χ1) is 25.4. The van der Waals surface area contributed by atoms with Crippen LogP contribution in [0.2, 0.25) is 0 Å². The Kier molecular flexibility index (Phi) is 11.6. The minimum atomic E-state index is -0.898. The maximum absolute atomic E-state index is 14.4. The van der Waals surface area contributed by atoms with E-state index in [2.05, 4.69) is 11.9 Å². The number of hydrogen-bond donors (Lipinski definition) is 1. The maximum Gasteiger partial charge on any atom is 0.410 e. The molecule has 2 atom stereocenters. The quantitative estimate of drug-likeness (QED) is 0.109. The van der Waals surface area contributed by atoms with Gasteiger partial charge in [-0.1, -0.05) is 73.3 Å². The fourth-order valence-corrected chi connectivity index (χ4v) is 8.25. The summed E-state index contributed by atoms with van der Waals surface area (Å²) in [6.07, 6.45) is 3.43. The van der Waals surface area contributed by atoms with Crippen molar-refractivity contribution >= 4 is 41.7 Å². The number of likely N-dealkylation sites (tertiary alicyclic amines) is 2. The molecule has 4 aliphatic heterocycles. The molecule has 280 valence electrons. The smallest absolute Gasteiger partial charge is 0.410 e. The standard InChI is InChI=1S/C40H46N4O8S/c1-5-22-50-39(49)42-19-16-26(17-20-42)24-43-21-18-29(34(43)45)23-30-25-53-36-31(41-38(48)52-40(2,3)4)35(46)44(36)32(30)37(47)51-33(27-12-8-6-9-13-27)28-14-10-7-11-15-28/h5-15,23,26,31,33,36H,1,16-22,24-25H2,2-4H3,(H,41,48)/b29-23+/t31-,36-/m1/s1. The predicted octanol–water partition coefficient (Wildman–Crippen LogP) is 5.58. The van der Waals surface area contributed by atoms with E-state index in [0.717, 1.165) is 24.0 Å². The van der Waals surface area contributed by atoms with Crippen molar-refractivity contribution in [2.24, 2.45) is 5.92 Å². The zero-order valence-corrected chi connectivity index (χ0v) is 31.1. The summed E-state index contributed by atoms with van der Waals surface area (Å²) in [5.74, 6) is -0.741. The Morgan fingerprint density at radius 3 is 2.23 bits per heavy atom. The van der Waals surface area contributed by atoms with Crippen molar-refractivity contribution < 1.29 is 38.2 Å². The molecule has 0 unspecified atom stereocenters. The summed E-state index contributed by atoms with van der Waals surface area (Å²) < 4.78 is 16.8. The summed E-state index contributed by atoms with van der Waals surface area (Å²) in [7, 11) is 0. The predicted molar refractivity (Wildman–Crippen MR) is 199 cm³/mol. The lowest BCUT2D eigenvalue weighted by atomic mass is 9.96. The van der Waals surface area contributed by atoms with Gasteiger partial charge in [-0.25, -0.2) is 14.4 Å². The average Bonchev–Trinajstić information content (AvgIpc) is 3.49. The maximum atomic E-state index is 14.4. The molecule has 0 aliphatic carbocycles. The molecule has 4 amide bonds. The molecule has 1 N–H and O–H groups in total. The van der Waals surface area contributed by atoms with E-state index in [1.165, 1.54) is 22.7 Å². The van der Waals surface area contributed by atoms with E-state index in [4.69, 9.17) is 14.2 Å². The molecule has 6 rings (SSSR count). The van der Waals surface area contributed by atoms with E-state index in [1.54, 1.807) is 31.7 Å². The number of β-lactam (4-membered cyclic amide) rings is 1. The fourth-order valence-electron chi connectivity index (χ4n) is 6.94. The second-order valence-electron chi connectivity index (χ2n) is 14.5. The molecule has 0 radical (unpaired) electrons. The Hall–Kier alpha value is -5.04. The van der Waals surface area contributed by atoms with Crippen LogP contribution in [-0.4, -0.2) is 100 Å². The van der Waals surface area contributed by atoms with E-state index in [9.17, 15) is 24.0 Å². The monoisotopic (exact) mass is 742 g/mol. The van der Waals surface area contributed by atoms with Gasteiger partial charge in [0.15, 0.2) is 6.10 Å². The molecule has 0 aromatic heterocycles. The van der Waals surface area contributed by atoms with Crippen LogP contribution in [0.4, 0.5) is 9.59 Å². The number of carbonyl (C=O) groups is 5. The van der Waals surface area contributed by atoms with Gasteiger partial charge in [0.1, 0.15) is 29.3 Å². The van der Waals surface area contributed by atoms with E-state index in [0.29, 0.717) is 49.5 Å². The van der Waals surface area contributed by atoms with Gasteiger partial charge in [0.2, 0.25) is 5.91 Å². The first kappa shape index (κ1) is 37.7. The largest absolute Gasteiger partial charge is 0.448 e. The van der Waals surface area contributed by atoms with Crippen LogP contribution in [0, 0.1) is 5.92 Å². The number of benzene rings is 2. The number of esters is 1. The lowest BCUT2D eigenvalue weighted by Gasteiger charge is -2.49. The molecule has 0 saturated carbocycles. The molecule has 53 heavy (non-hydrogen) atoms. The van der Waals surface area contributed by atoms with E-state index >= 15 is 0 Å². The highest BCUT2D eigenvalue weighted by atomic mass is 32.2. The molecule has 3 fully saturated rings. The minimum absolute atomic E-state index is 0.0623. The number of carbonyl (C=O) groups excluding carboxylic acids is 5. The molecule has 4 heterocycles. The van der Waals surface area contributed by atoms with Gasteiger partial charge in [0.05, 0.1) is 0 Å². The first-order valence-electron chi connectivity index (χ1n) is 17.9.